The third kappa shape index (κ3) is 4.51. The molecular weight excluding hydrogens is 606 g/mol. The number of oxazole rings is 1. The minimum atomic E-state index is -3.80. The molecule has 0 saturated heterocycles. The summed E-state index contributed by atoms with van der Waals surface area (Å²) in [6.45, 7) is 0. The smallest absolute Gasteiger partial charge is 0.260 e. The second kappa shape index (κ2) is 9.99. The molecule has 2 N–H and O–H groups in total. The lowest BCUT2D eigenvalue weighted by Crippen LogP contribution is -2.25. The Morgan fingerprint density at radius 2 is 1.76 bits per heavy atom. The Kier molecular flexibility index (Phi) is 6.27. The molecule has 10 nitrogen and oxygen atoms in total. The minimum Gasteiger partial charge on any atom is -0.455 e. The minimum absolute atomic E-state index is 0.0177. The first-order chi connectivity index (χ1) is 21.4. The van der Waals surface area contributed by atoms with E-state index in [4.69, 9.17) is 8.83 Å². The van der Waals surface area contributed by atoms with Crippen molar-refractivity contribution < 1.29 is 30.8 Å². The number of benzene rings is 4. The van der Waals surface area contributed by atoms with Crippen LogP contribution in [0.2, 0.25) is 0 Å². The number of sulfonamides is 1. The van der Waals surface area contributed by atoms with Gasteiger partial charge in [-0.15, -0.1) is 0 Å². The number of para-hydroxylation sites is 1. The highest BCUT2D eigenvalue weighted by Gasteiger charge is 2.25. The van der Waals surface area contributed by atoms with Gasteiger partial charge in [0, 0.05) is 36.5 Å². The fourth-order valence-corrected chi connectivity index (χ4v) is 5.98. The number of halogens is 2. The van der Waals surface area contributed by atoms with Gasteiger partial charge in [0.2, 0.25) is 15.9 Å². The van der Waals surface area contributed by atoms with Crippen molar-refractivity contribution in [3.05, 3.63) is 94.3 Å². The standard InChI is InChI=1S/C32H22F2N4O6S/c1-35-30(39)17-9-7-15(11-20(17)32-37-28-22(34)5-4-6-25(28)44-32)19-13-21-26(14-24(19)38(2)45(3,41)42)43-29-18-10-8-16(33)12-23(18)36-31(40)27(21)29/h4-14H,1-3H3,(H,35,39)(H,36,40). The third-order valence-corrected chi connectivity index (χ3v) is 8.94. The van der Waals surface area contributed by atoms with E-state index in [0.29, 0.717) is 21.9 Å². The Balaban J connectivity index is 1.55. The summed E-state index contributed by atoms with van der Waals surface area (Å²) >= 11 is 0. The first-order valence-electron chi connectivity index (χ1n) is 13.5. The maximum absolute atomic E-state index is 14.5. The van der Waals surface area contributed by atoms with Crippen LogP contribution in [0.3, 0.4) is 0 Å². The Labute approximate surface area is 252 Å². The van der Waals surface area contributed by atoms with Gasteiger partial charge >= 0.3 is 0 Å². The maximum Gasteiger partial charge on any atom is 0.260 e. The molecule has 0 radical (unpaired) electrons. The van der Waals surface area contributed by atoms with Gasteiger partial charge < -0.3 is 19.1 Å². The highest BCUT2D eigenvalue weighted by Crippen LogP contribution is 2.41. The quantitative estimate of drug-likeness (QED) is 0.241. The van der Waals surface area contributed by atoms with E-state index in [1.807, 2.05) is 0 Å². The normalized spacial score (nSPS) is 12.0. The molecule has 0 bridgehead atoms. The van der Waals surface area contributed by atoms with E-state index in [1.54, 1.807) is 24.3 Å². The SMILES string of the molecule is CNC(=O)c1ccc(-c2cc3c(cc2N(C)S(C)(=O)=O)oc2c4ccc(F)cc4[nH]c(=O)c32)cc1-c1nc2c(F)cccc2o1. The van der Waals surface area contributed by atoms with E-state index in [0.717, 1.165) is 10.6 Å². The highest BCUT2D eigenvalue weighted by molar-refractivity contribution is 7.92. The van der Waals surface area contributed by atoms with Gasteiger partial charge in [-0.2, -0.15) is 0 Å². The van der Waals surface area contributed by atoms with E-state index >= 15 is 0 Å². The zero-order valence-electron chi connectivity index (χ0n) is 23.9. The van der Waals surface area contributed by atoms with Crippen LogP contribution in [0.25, 0.3) is 66.5 Å². The average molecular weight is 629 g/mol. The first-order valence-corrected chi connectivity index (χ1v) is 15.4. The monoisotopic (exact) mass is 628 g/mol. The molecule has 0 spiro atoms. The first kappa shape index (κ1) is 28.2. The summed E-state index contributed by atoms with van der Waals surface area (Å²) in [4.78, 5) is 33.1. The molecule has 0 fully saturated rings. The molecule has 7 rings (SSSR count). The van der Waals surface area contributed by atoms with E-state index in [-0.39, 0.29) is 55.9 Å². The Bertz CT molecular complexity index is 2550. The summed E-state index contributed by atoms with van der Waals surface area (Å²) in [5.74, 6) is -1.63. The van der Waals surface area contributed by atoms with Crippen molar-refractivity contribution in [1.29, 1.82) is 0 Å². The molecule has 0 atom stereocenters. The van der Waals surface area contributed by atoms with E-state index in [1.165, 1.54) is 56.6 Å². The van der Waals surface area contributed by atoms with Gasteiger partial charge in [0.25, 0.3) is 11.5 Å². The van der Waals surface area contributed by atoms with Crippen LogP contribution in [0, 0.1) is 11.6 Å². The van der Waals surface area contributed by atoms with Crippen LogP contribution in [-0.2, 0) is 10.0 Å². The topological polar surface area (TPSA) is 139 Å². The Morgan fingerprint density at radius 3 is 2.49 bits per heavy atom. The highest BCUT2D eigenvalue weighted by atomic mass is 32.2. The van der Waals surface area contributed by atoms with Gasteiger partial charge in [0.05, 0.1) is 34.0 Å². The van der Waals surface area contributed by atoms with Crippen LogP contribution >= 0.6 is 0 Å². The number of furan rings is 1. The number of amides is 1. The van der Waals surface area contributed by atoms with Gasteiger partial charge in [-0.1, -0.05) is 12.1 Å². The second-order valence-corrected chi connectivity index (χ2v) is 12.5. The van der Waals surface area contributed by atoms with E-state index < -0.39 is 33.1 Å². The molecule has 0 saturated carbocycles. The number of aromatic amines is 1. The number of hydrogen-bond donors (Lipinski definition) is 2. The van der Waals surface area contributed by atoms with E-state index in [9.17, 15) is 26.8 Å². The zero-order chi connectivity index (χ0) is 31.8. The number of nitrogens with zero attached hydrogens (tertiary/aromatic N) is 2. The van der Waals surface area contributed by atoms with Crippen molar-refractivity contribution in [1.82, 2.24) is 15.3 Å². The van der Waals surface area contributed by atoms with Crippen molar-refractivity contribution in [3.63, 3.8) is 0 Å². The molecule has 13 heteroatoms. The van der Waals surface area contributed by atoms with Crippen LogP contribution in [-0.4, -0.2) is 44.6 Å². The molecule has 45 heavy (non-hydrogen) atoms. The van der Waals surface area contributed by atoms with Crippen LogP contribution in [0.4, 0.5) is 14.5 Å². The molecule has 4 aromatic carbocycles. The van der Waals surface area contributed by atoms with Crippen molar-refractivity contribution in [2.24, 2.45) is 0 Å². The molecule has 0 aliphatic carbocycles. The molecule has 7 aromatic rings. The van der Waals surface area contributed by atoms with Crippen LogP contribution in [0.15, 0.2) is 80.4 Å². The Morgan fingerprint density at radius 1 is 0.956 bits per heavy atom. The van der Waals surface area contributed by atoms with Gasteiger partial charge in [0.1, 0.15) is 22.5 Å². The van der Waals surface area contributed by atoms with Crippen LogP contribution in [0.1, 0.15) is 10.4 Å². The number of rotatable bonds is 5. The number of carbonyl (C=O) groups excluding carboxylic acids is 1. The third-order valence-electron chi connectivity index (χ3n) is 7.75. The molecule has 0 aliphatic rings. The summed E-state index contributed by atoms with van der Waals surface area (Å²) < 4.78 is 67.0. The van der Waals surface area contributed by atoms with Crippen molar-refractivity contribution in [3.8, 4) is 22.6 Å². The Hall–Kier alpha value is -5.56. The van der Waals surface area contributed by atoms with Gasteiger partial charge in [-0.25, -0.2) is 22.2 Å². The van der Waals surface area contributed by atoms with Gasteiger partial charge in [-0.05, 0) is 54.1 Å². The van der Waals surface area contributed by atoms with Crippen molar-refractivity contribution >= 4 is 65.6 Å². The van der Waals surface area contributed by atoms with E-state index in [2.05, 4.69) is 15.3 Å². The molecule has 3 aromatic heterocycles. The van der Waals surface area contributed by atoms with Crippen LogP contribution < -0.4 is 15.2 Å². The summed E-state index contributed by atoms with van der Waals surface area (Å²) in [6.07, 6.45) is 1.04. The van der Waals surface area contributed by atoms with Crippen molar-refractivity contribution in [2.45, 2.75) is 0 Å². The second-order valence-electron chi connectivity index (χ2n) is 10.5. The molecule has 1 amide bonds. The lowest BCUT2D eigenvalue weighted by molar-refractivity contribution is 0.0963. The maximum atomic E-state index is 14.5. The molecule has 0 aliphatic heterocycles. The lowest BCUT2D eigenvalue weighted by Gasteiger charge is -2.21. The summed E-state index contributed by atoms with van der Waals surface area (Å²) in [5.41, 5.74) is 1.70. The van der Waals surface area contributed by atoms with Gasteiger partial charge in [0.15, 0.2) is 11.4 Å². The number of fused-ring (bicyclic) bond motifs is 6. The predicted octanol–water partition coefficient (Wildman–Crippen LogP) is 5.94. The zero-order valence-corrected chi connectivity index (χ0v) is 24.7. The lowest BCUT2D eigenvalue weighted by atomic mass is 9.96. The summed E-state index contributed by atoms with van der Waals surface area (Å²) in [5, 5.41) is 3.59. The van der Waals surface area contributed by atoms with Crippen molar-refractivity contribution in [2.75, 3.05) is 24.7 Å². The molecule has 0 unspecified atom stereocenters. The number of nitrogens with one attached hydrogen (secondary N) is 2. The van der Waals surface area contributed by atoms with Gasteiger partial charge in [-0.3, -0.25) is 13.9 Å². The number of H-pyrrole nitrogens is 1. The number of carbonyl (C=O) groups is 1. The molecule has 226 valence electrons. The van der Waals surface area contributed by atoms with Crippen LogP contribution in [0.5, 0.6) is 0 Å². The fraction of sp³-hybridized carbons (Fsp3) is 0.0938. The fourth-order valence-electron chi connectivity index (χ4n) is 5.47. The summed E-state index contributed by atoms with van der Waals surface area (Å²) in [7, 11) is -0.968. The largest absolute Gasteiger partial charge is 0.455 e. The molecular formula is C32H22F2N4O6S. The summed E-state index contributed by atoms with van der Waals surface area (Å²) in [6, 6.07) is 16.0. The molecule has 3 heterocycles. The number of pyridine rings is 1. The number of anilines is 1. The predicted molar refractivity (Wildman–Crippen MR) is 167 cm³/mol. The number of aromatic nitrogens is 2. The average Bonchev–Trinajstić information content (AvgIpc) is 3.62. The number of hydrogen-bond acceptors (Lipinski definition) is 7.